The third-order valence-electron chi connectivity index (χ3n) is 0.499. The van der Waals surface area contributed by atoms with Crippen molar-refractivity contribution in [2.45, 2.75) is 6.04 Å². The van der Waals surface area contributed by atoms with Gasteiger partial charge in [-0.2, -0.15) is 0 Å². The zero-order chi connectivity index (χ0) is 5.86. The van der Waals surface area contributed by atoms with Crippen molar-refractivity contribution < 1.29 is 9.90 Å². The van der Waals surface area contributed by atoms with Crippen molar-refractivity contribution in [1.29, 1.82) is 0 Å². The number of hydrogen-bond acceptors (Lipinski definition) is 3. The summed E-state index contributed by atoms with van der Waals surface area (Å²) in [5.41, 5.74) is 4.98. The van der Waals surface area contributed by atoms with Gasteiger partial charge in [0.25, 0.3) is 0 Å². The Bertz CT molecular complexity index is 75.3. The molecule has 0 saturated carbocycles. The second-order valence-corrected chi connectivity index (χ2v) is 1.95. The molecular formula is C3H6NO2Se. The Hall–Kier alpha value is 0.109. The molecule has 0 spiro atoms. The molecule has 0 aromatic rings. The Labute approximate surface area is 49.7 Å². The molecule has 1 radical (unpaired) electrons. The molecule has 0 aromatic carbocycles. The predicted molar refractivity (Wildman–Crippen MR) is 25.8 cm³/mol. The molecule has 0 aliphatic rings. The summed E-state index contributed by atoms with van der Waals surface area (Å²) >= 11 is 2.17. The fourth-order valence-electron chi connectivity index (χ4n) is 0.0745. The van der Waals surface area contributed by atoms with E-state index >= 15 is 0 Å². The molecule has 0 aromatic heterocycles. The molecule has 3 N–H and O–H groups in total. The van der Waals surface area contributed by atoms with Crippen molar-refractivity contribution in [3.8, 4) is 0 Å². The van der Waals surface area contributed by atoms with E-state index in [1.165, 1.54) is 0 Å². The Morgan fingerprint density at radius 3 is 2.43 bits per heavy atom. The summed E-state index contributed by atoms with van der Waals surface area (Å²) in [4.78, 5) is 10.0. The fraction of sp³-hybridized carbons (Fsp3) is 0.667. The van der Waals surface area contributed by atoms with Gasteiger partial charge in [0.15, 0.2) is 0 Å². The van der Waals surface area contributed by atoms with Crippen LogP contribution in [0.25, 0.3) is 0 Å². The molecule has 7 heavy (non-hydrogen) atoms. The van der Waals surface area contributed by atoms with Crippen LogP contribution in [0.3, 0.4) is 0 Å². The van der Waals surface area contributed by atoms with Crippen molar-refractivity contribution in [3.05, 3.63) is 0 Å². The standard InChI is InChI=1S/C3H6NO2Se/c4-2(1-5)3(6)7/h2,5H,1,4H2. The van der Waals surface area contributed by atoms with Crippen molar-refractivity contribution in [3.63, 3.8) is 0 Å². The SMILES string of the molecule is NC(CO)C(=O)[Se]. The van der Waals surface area contributed by atoms with E-state index in [4.69, 9.17) is 10.8 Å². The predicted octanol–water partition coefficient (Wildman–Crippen LogP) is -2.00. The van der Waals surface area contributed by atoms with Crippen LogP contribution in [0.2, 0.25) is 0 Å². The number of carbonyl (C=O) groups is 1. The Morgan fingerprint density at radius 1 is 2.00 bits per heavy atom. The molecule has 1 unspecified atom stereocenters. The molecule has 0 heterocycles. The fourth-order valence-corrected chi connectivity index (χ4v) is 0.231. The van der Waals surface area contributed by atoms with Gasteiger partial charge in [0.1, 0.15) is 0 Å². The number of aliphatic hydroxyl groups excluding tert-OH is 1. The van der Waals surface area contributed by atoms with E-state index in [0.717, 1.165) is 0 Å². The van der Waals surface area contributed by atoms with Crippen LogP contribution in [0.5, 0.6) is 0 Å². The van der Waals surface area contributed by atoms with Crippen LogP contribution in [0.1, 0.15) is 0 Å². The van der Waals surface area contributed by atoms with E-state index in [0.29, 0.717) is 0 Å². The molecule has 0 bridgehead atoms. The van der Waals surface area contributed by atoms with Gasteiger partial charge in [-0.05, 0) is 0 Å². The van der Waals surface area contributed by atoms with E-state index in [1.54, 1.807) is 0 Å². The zero-order valence-corrected chi connectivity index (χ0v) is 5.34. The van der Waals surface area contributed by atoms with Gasteiger partial charge >= 0.3 is 49.0 Å². The van der Waals surface area contributed by atoms with Gasteiger partial charge in [0, 0.05) is 0 Å². The summed E-state index contributed by atoms with van der Waals surface area (Å²) in [5, 5.41) is 8.14. The van der Waals surface area contributed by atoms with Crippen LogP contribution < -0.4 is 5.73 Å². The first-order valence-corrected chi connectivity index (χ1v) is 2.61. The van der Waals surface area contributed by atoms with E-state index in [-0.39, 0.29) is 11.3 Å². The third kappa shape index (κ3) is 2.76. The zero-order valence-electron chi connectivity index (χ0n) is 3.63. The summed E-state index contributed by atoms with van der Waals surface area (Å²) < 4.78 is -0.303. The van der Waals surface area contributed by atoms with Gasteiger partial charge in [0.05, 0.1) is 0 Å². The van der Waals surface area contributed by atoms with Crippen LogP contribution in [0.15, 0.2) is 0 Å². The van der Waals surface area contributed by atoms with Gasteiger partial charge < -0.3 is 0 Å². The first kappa shape index (κ1) is 7.11. The number of aliphatic hydroxyl groups is 1. The van der Waals surface area contributed by atoms with Crippen LogP contribution in [-0.4, -0.2) is 38.4 Å². The monoisotopic (exact) mass is 168 g/mol. The van der Waals surface area contributed by atoms with E-state index in [2.05, 4.69) is 16.0 Å². The van der Waals surface area contributed by atoms with Crippen molar-refractivity contribution >= 4 is 20.7 Å². The van der Waals surface area contributed by atoms with Gasteiger partial charge in [-0.3, -0.25) is 0 Å². The quantitative estimate of drug-likeness (QED) is 0.467. The van der Waals surface area contributed by atoms with Gasteiger partial charge in [-0.1, -0.05) is 0 Å². The number of nitrogens with two attached hydrogens (primary N) is 1. The molecule has 1 atom stereocenters. The van der Waals surface area contributed by atoms with Gasteiger partial charge in [0.2, 0.25) is 0 Å². The van der Waals surface area contributed by atoms with E-state index < -0.39 is 6.04 Å². The number of hydrogen-bond donors (Lipinski definition) is 2. The normalized spacial score (nSPS) is 13.4. The molecule has 0 aliphatic heterocycles. The van der Waals surface area contributed by atoms with E-state index in [1.807, 2.05) is 0 Å². The minimum atomic E-state index is -0.736. The summed E-state index contributed by atoms with van der Waals surface area (Å²) in [6, 6.07) is -0.736. The molecule has 0 saturated heterocycles. The topological polar surface area (TPSA) is 63.3 Å². The third-order valence-corrected chi connectivity index (χ3v) is 1.13. The average Bonchev–Trinajstić information content (AvgIpc) is 1.65. The summed E-state index contributed by atoms with van der Waals surface area (Å²) in [6.07, 6.45) is 0. The molecule has 3 nitrogen and oxygen atoms in total. The van der Waals surface area contributed by atoms with Crippen LogP contribution in [0, 0.1) is 0 Å². The van der Waals surface area contributed by atoms with Crippen molar-refractivity contribution in [2.24, 2.45) is 5.73 Å². The summed E-state index contributed by atoms with van der Waals surface area (Å²) in [5.74, 6) is 0. The van der Waals surface area contributed by atoms with Crippen LogP contribution in [0.4, 0.5) is 0 Å². The summed E-state index contributed by atoms with van der Waals surface area (Å²) in [6.45, 7) is -0.286. The number of rotatable bonds is 2. The molecule has 0 rings (SSSR count). The molecule has 41 valence electrons. The van der Waals surface area contributed by atoms with Crippen LogP contribution >= 0.6 is 0 Å². The first-order valence-electron chi connectivity index (χ1n) is 1.75. The first-order chi connectivity index (χ1) is 3.18. The average molecular weight is 167 g/mol. The van der Waals surface area contributed by atoms with Gasteiger partial charge in [-0.25, -0.2) is 0 Å². The Kier molecular flexibility index (Phi) is 3.20. The molecule has 0 fully saturated rings. The van der Waals surface area contributed by atoms with E-state index in [9.17, 15) is 4.79 Å². The number of carbonyl (C=O) groups excluding carboxylic acids is 1. The second kappa shape index (κ2) is 3.16. The molecule has 0 amide bonds. The van der Waals surface area contributed by atoms with Crippen LogP contribution in [-0.2, 0) is 4.79 Å². The second-order valence-electron chi connectivity index (χ2n) is 1.11. The maximum atomic E-state index is 10.0. The molecular weight excluding hydrogens is 161 g/mol. The summed E-state index contributed by atoms with van der Waals surface area (Å²) in [7, 11) is 0. The minimum absolute atomic E-state index is 0.286. The molecule has 0 aliphatic carbocycles. The Balaban J connectivity index is 3.34. The Morgan fingerprint density at radius 2 is 2.43 bits per heavy atom. The molecule has 4 heteroatoms. The van der Waals surface area contributed by atoms with Crippen molar-refractivity contribution in [1.82, 2.24) is 0 Å². The maximum absolute atomic E-state index is 10.0. The van der Waals surface area contributed by atoms with Crippen molar-refractivity contribution in [2.75, 3.05) is 6.61 Å². The van der Waals surface area contributed by atoms with Gasteiger partial charge in [-0.15, -0.1) is 0 Å².